The first-order valence-corrected chi connectivity index (χ1v) is 6.62. The zero-order chi connectivity index (χ0) is 13.1. The molecule has 0 saturated heterocycles. The van der Waals surface area contributed by atoms with Crippen LogP contribution in [0.3, 0.4) is 0 Å². The molecule has 19 heavy (non-hydrogen) atoms. The van der Waals surface area contributed by atoms with Gasteiger partial charge in [0.1, 0.15) is 11.4 Å². The SMILES string of the molecule is Oc1ccc(Nc2nc(-c3ccccn3)cs2)cc1. The summed E-state index contributed by atoms with van der Waals surface area (Å²) in [6.45, 7) is 0. The normalized spacial score (nSPS) is 10.3. The number of aromatic hydroxyl groups is 1. The highest BCUT2D eigenvalue weighted by Crippen LogP contribution is 2.26. The fourth-order valence-electron chi connectivity index (χ4n) is 1.63. The van der Waals surface area contributed by atoms with Crippen molar-refractivity contribution < 1.29 is 5.11 Å². The average Bonchev–Trinajstić information content (AvgIpc) is 2.91. The number of nitrogens with zero attached hydrogens (tertiary/aromatic N) is 2. The van der Waals surface area contributed by atoms with Crippen molar-refractivity contribution in [1.29, 1.82) is 0 Å². The Kier molecular flexibility index (Phi) is 3.12. The molecule has 0 atom stereocenters. The Balaban J connectivity index is 1.80. The first kappa shape index (κ1) is 11.7. The molecule has 0 aliphatic rings. The van der Waals surface area contributed by atoms with E-state index in [4.69, 9.17) is 0 Å². The van der Waals surface area contributed by atoms with Crippen LogP contribution in [-0.2, 0) is 0 Å². The van der Waals surface area contributed by atoms with Crippen LogP contribution in [0.25, 0.3) is 11.4 Å². The van der Waals surface area contributed by atoms with Crippen molar-refractivity contribution in [2.24, 2.45) is 0 Å². The minimum Gasteiger partial charge on any atom is -0.508 e. The molecule has 0 bridgehead atoms. The van der Waals surface area contributed by atoms with E-state index in [0.29, 0.717) is 0 Å². The van der Waals surface area contributed by atoms with Crippen molar-refractivity contribution in [2.75, 3.05) is 5.32 Å². The Hall–Kier alpha value is -2.40. The van der Waals surface area contributed by atoms with E-state index in [-0.39, 0.29) is 5.75 Å². The van der Waals surface area contributed by atoms with Crippen LogP contribution in [0.1, 0.15) is 0 Å². The minimum absolute atomic E-state index is 0.249. The molecule has 94 valence electrons. The predicted octanol–water partition coefficient (Wildman–Crippen LogP) is 3.65. The minimum atomic E-state index is 0.249. The van der Waals surface area contributed by atoms with E-state index in [1.54, 1.807) is 30.5 Å². The number of aromatic nitrogens is 2. The van der Waals surface area contributed by atoms with Gasteiger partial charge in [-0.3, -0.25) is 4.98 Å². The van der Waals surface area contributed by atoms with Gasteiger partial charge in [-0.25, -0.2) is 4.98 Å². The zero-order valence-corrected chi connectivity index (χ0v) is 10.8. The number of hydrogen-bond acceptors (Lipinski definition) is 5. The molecule has 2 aromatic heterocycles. The third kappa shape index (κ3) is 2.71. The lowest BCUT2D eigenvalue weighted by molar-refractivity contribution is 0.475. The summed E-state index contributed by atoms with van der Waals surface area (Å²) in [5, 5.41) is 15.2. The second-order valence-electron chi connectivity index (χ2n) is 3.92. The Morgan fingerprint density at radius 1 is 1.00 bits per heavy atom. The maximum atomic E-state index is 9.23. The monoisotopic (exact) mass is 269 g/mol. The van der Waals surface area contributed by atoms with Crippen molar-refractivity contribution >= 4 is 22.2 Å². The highest BCUT2D eigenvalue weighted by Gasteiger charge is 2.05. The zero-order valence-electron chi connectivity index (χ0n) is 9.95. The first-order valence-electron chi connectivity index (χ1n) is 5.74. The van der Waals surface area contributed by atoms with Gasteiger partial charge in [-0.15, -0.1) is 11.3 Å². The molecule has 0 amide bonds. The number of phenols is 1. The molecule has 4 nitrogen and oxygen atoms in total. The van der Waals surface area contributed by atoms with Crippen molar-refractivity contribution in [1.82, 2.24) is 9.97 Å². The van der Waals surface area contributed by atoms with E-state index in [2.05, 4.69) is 15.3 Å². The largest absolute Gasteiger partial charge is 0.508 e. The van der Waals surface area contributed by atoms with Crippen LogP contribution in [-0.4, -0.2) is 15.1 Å². The standard InChI is InChI=1S/C14H11N3OS/c18-11-6-4-10(5-7-11)16-14-17-13(9-19-14)12-3-1-2-8-15-12/h1-9,18H,(H,16,17). The smallest absolute Gasteiger partial charge is 0.187 e. The molecule has 0 aliphatic carbocycles. The Labute approximate surface area is 114 Å². The third-order valence-electron chi connectivity index (χ3n) is 2.55. The van der Waals surface area contributed by atoms with Crippen LogP contribution in [0.15, 0.2) is 54.0 Å². The Morgan fingerprint density at radius 3 is 2.58 bits per heavy atom. The van der Waals surface area contributed by atoms with E-state index in [0.717, 1.165) is 22.2 Å². The number of anilines is 2. The average molecular weight is 269 g/mol. The summed E-state index contributed by atoms with van der Waals surface area (Å²) in [5.41, 5.74) is 2.60. The lowest BCUT2D eigenvalue weighted by atomic mass is 10.3. The van der Waals surface area contributed by atoms with Gasteiger partial charge in [-0.1, -0.05) is 6.07 Å². The maximum Gasteiger partial charge on any atom is 0.187 e. The molecule has 3 aromatic rings. The molecule has 1 aromatic carbocycles. The maximum absolute atomic E-state index is 9.23. The molecular formula is C14H11N3OS. The molecule has 2 N–H and O–H groups in total. The number of hydrogen-bond donors (Lipinski definition) is 2. The summed E-state index contributed by atoms with van der Waals surface area (Å²) in [5.74, 6) is 0.249. The number of benzene rings is 1. The summed E-state index contributed by atoms with van der Waals surface area (Å²) in [4.78, 5) is 8.74. The fraction of sp³-hybridized carbons (Fsp3) is 0. The number of thiazole rings is 1. The van der Waals surface area contributed by atoms with Crippen LogP contribution in [0.5, 0.6) is 5.75 Å². The van der Waals surface area contributed by atoms with Crippen molar-refractivity contribution in [3.8, 4) is 17.1 Å². The molecule has 3 rings (SSSR count). The molecule has 2 heterocycles. The Bertz CT molecular complexity index is 665. The summed E-state index contributed by atoms with van der Waals surface area (Å²) < 4.78 is 0. The van der Waals surface area contributed by atoms with Gasteiger partial charge < -0.3 is 10.4 Å². The van der Waals surface area contributed by atoms with Gasteiger partial charge in [0, 0.05) is 17.3 Å². The van der Waals surface area contributed by atoms with Gasteiger partial charge in [0.05, 0.1) is 5.69 Å². The number of pyridine rings is 1. The molecule has 0 unspecified atom stereocenters. The van der Waals surface area contributed by atoms with Gasteiger partial charge in [-0.05, 0) is 36.4 Å². The van der Waals surface area contributed by atoms with Crippen LogP contribution in [0, 0.1) is 0 Å². The van der Waals surface area contributed by atoms with Crippen LogP contribution >= 0.6 is 11.3 Å². The van der Waals surface area contributed by atoms with E-state index in [1.165, 1.54) is 11.3 Å². The lowest BCUT2D eigenvalue weighted by Crippen LogP contribution is -1.89. The van der Waals surface area contributed by atoms with E-state index < -0.39 is 0 Å². The number of phenolic OH excluding ortho intramolecular Hbond substituents is 1. The number of rotatable bonds is 3. The van der Waals surface area contributed by atoms with Gasteiger partial charge in [0.15, 0.2) is 5.13 Å². The van der Waals surface area contributed by atoms with Gasteiger partial charge in [-0.2, -0.15) is 0 Å². The second-order valence-corrected chi connectivity index (χ2v) is 4.78. The van der Waals surface area contributed by atoms with Crippen LogP contribution < -0.4 is 5.32 Å². The summed E-state index contributed by atoms with van der Waals surface area (Å²) in [7, 11) is 0. The molecule has 0 fully saturated rings. The lowest BCUT2D eigenvalue weighted by Gasteiger charge is -2.01. The summed E-state index contributed by atoms with van der Waals surface area (Å²) in [6.07, 6.45) is 1.75. The predicted molar refractivity (Wildman–Crippen MR) is 76.7 cm³/mol. The van der Waals surface area contributed by atoms with Gasteiger partial charge in [0.25, 0.3) is 0 Å². The van der Waals surface area contributed by atoms with E-state index >= 15 is 0 Å². The van der Waals surface area contributed by atoms with Gasteiger partial charge >= 0.3 is 0 Å². The van der Waals surface area contributed by atoms with Crippen molar-refractivity contribution in [3.63, 3.8) is 0 Å². The molecule has 0 radical (unpaired) electrons. The van der Waals surface area contributed by atoms with E-state index in [9.17, 15) is 5.11 Å². The number of nitrogens with one attached hydrogen (secondary N) is 1. The highest BCUT2D eigenvalue weighted by molar-refractivity contribution is 7.14. The van der Waals surface area contributed by atoms with Gasteiger partial charge in [0.2, 0.25) is 0 Å². The topological polar surface area (TPSA) is 58.0 Å². The fourth-order valence-corrected chi connectivity index (χ4v) is 2.36. The van der Waals surface area contributed by atoms with Crippen molar-refractivity contribution in [3.05, 3.63) is 54.0 Å². The Morgan fingerprint density at radius 2 is 1.84 bits per heavy atom. The first-order chi connectivity index (χ1) is 9.31. The summed E-state index contributed by atoms with van der Waals surface area (Å²) >= 11 is 1.52. The van der Waals surface area contributed by atoms with E-state index in [1.807, 2.05) is 23.6 Å². The van der Waals surface area contributed by atoms with Crippen LogP contribution in [0.2, 0.25) is 0 Å². The second kappa shape index (κ2) is 5.07. The molecule has 0 spiro atoms. The third-order valence-corrected chi connectivity index (χ3v) is 3.31. The molecular weight excluding hydrogens is 258 g/mol. The summed E-state index contributed by atoms with van der Waals surface area (Å²) in [6, 6.07) is 12.6. The molecule has 5 heteroatoms. The van der Waals surface area contributed by atoms with Crippen molar-refractivity contribution in [2.45, 2.75) is 0 Å². The quantitative estimate of drug-likeness (QED) is 0.712. The molecule has 0 aliphatic heterocycles. The highest BCUT2D eigenvalue weighted by atomic mass is 32.1. The van der Waals surface area contributed by atoms with Crippen LogP contribution in [0.4, 0.5) is 10.8 Å². The molecule has 0 saturated carbocycles.